The molecule has 1 N–H and O–H groups in total. The summed E-state index contributed by atoms with van der Waals surface area (Å²) in [5.74, 6) is 0. The summed E-state index contributed by atoms with van der Waals surface area (Å²) in [6.07, 6.45) is 6.09. The van der Waals surface area contributed by atoms with Crippen molar-refractivity contribution in [3.8, 4) is 0 Å². The van der Waals surface area contributed by atoms with Crippen LogP contribution in [0.2, 0.25) is 0 Å². The molecule has 1 unspecified atom stereocenters. The monoisotopic (exact) mass is 311 g/mol. The minimum Gasteiger partial charge on any atom is -0.384 e. The molecule has 4 nitrogen and oxygen atoms in total. The van der Waals surface area contributed by atoms with Crippen LogP contribution in [-0.2, 0) is 15.4 Å². The summed E-state index contributed by atoms with van der Waals surface area (Å²) in [6.45, 7) is 4.44. The lowest BCUT2D eigenvalue weighted by Gasteiger charge is -2.31. The molecule has 118 valence electrons. The molecule has 1 saturated heterocycles. The molecule has 1 aliphatic heterocycles. The normalized spacial score (nSPS) is 20.7. The van der Waals surface area contributed by atoms with Gasteiger partial charge in [0.1, 0.15) is 0 Å². The Labute approximate surface area is 127 Å². The SMILES string of the molecule is CC(O)(CN1CCCCCC1)c1ccc(S(C)(=O)=O)cc1. The Bertz CT molecular complexity index is 556. The number of nitrogens with zero attached hydrogens (tertiary/aromatic N) is 1. The molecule has 1 atom stereocenters. The van der Waals surface area contributed by atoms with Crippen LogP contribution in [0.5, 0.6) is 0 Å². The lowest BCUT2D eigenvalue weighted by Crippen LogP contribution is -2.39. The van der Waals surface area contributed by atoms with Crippen molar-refractivity contribution in [2.75, 3.05) is 25.9 Å². The summed E-state index contributed by atoms with van der Waals surface area (Å²) in [7, 11) is -3.19. The van der Waals surface area contributed by atoms with Crippen molar-refractivity contribution in [3.05, 3.63) is 29.8 Å². The first-order valence-corrected chi connectivity index (χ1v) is 9.43. The van der Waals surface area contributed by atoms with E-state index in [9.17, 15) is 13.5 Å². The maximum absolute atomic E-state index is 11.5. The molecule has 0 saturated carbocycles. The van der Waals surface area contributed by atoms with Gasteiger partial charge in [0.15, 0.2) is 9.84 Å². The van der Waals surface area contributed by atoms with Crippen molar-refractivity contribution in [1.29, 1.82) is 0 Å². The molecule has 1 aromatic rings. The Kier molecular flexibility index (Phi) is 5.07. The predicted octanol–water partition coefficient (Wildman–Crippen LogP) is 2.17. The molecular formula is C16H25NO3S. The van der Waals surface area contributed by atoms with Crippen LogP contribution in [0.1, 0.15) is 38.2 Å². The third-order valence-electron chi connectivity index (χ3n) is 4.13. The molecule has 0 bridgehead atoms. The predicted molar refractivity (Wildman–Crippen MR) is 84.0 cm³/mol. The number of sulfone groups is 1. The van der Waals surface area contributed by atoms with Crippen LogP contribution < -0.4 is 0 Å². The van der Waals surface area contributed by atoms with Crippen molar-refractivity contribution in [2.24, 2.45) is 0 Å². The van der Waals surface area contributed by atoms with E-state index < -0.39 is 15.4 Å². The van der Waals surface area contributed by atoms with Crippen LogP contribution in [0.4, 0.5) is 0 Å². The zero-order chi connectivity index (χ0) is 15.5. The molecule has 0 aromatic heterocycles. The average molecular weight is 311 g/mol. The molecule has 0 radical (unpaired) electrons. The molecule has 1 aromatic carbocycles. The number of hydrogen-bond acceptors (Lipinski definition) is 4. The topological polar surface area (TPSA) is 57.6 Å². The smallest absolute Gasteiger partial charge is 0.175 e. The van der Waals surface area contributed by atoms with E-state index in [0.717, 1.165) is 18.7 Å². The van der Waals surface area contributed by atoms with Gasteiger partial charge < -0.3 is 10.0 Å². The van der Waals surface area contributed by atoms with Crippen molar-refractivity contribution < 1.29 is 13.5 Å². The maximum Gasteiger partial charge on any atom is 0.175 e. The number of aliphatic hydroxyl groups is 1. The quantitative estimate of drug-likeness (QED) is 0.926. The molecule has 2 rings (SSSR count). The molecule has 1 fully saturated rings. The Morgan fingerprint density at radius 2 is 1.62 bits per heavy atom. The number of likely N-dealkylation sites (tertiary alicyclic amines) is 1. The number of hydrogen-bond donors (Lipinski definition) is 1. The maximum atomic E-state index is 11.5. The molecule has 5 heteroatoms. The Morgan fingerprint density at radius 1 is 1.10 bits per heavy atom. The summed E-state index contributed by atoms with van der Waals surface area (Å²) in [5.41, 5.74) is -0.195. The van der Waals surface area contributed by atoms with Crippen LogP contribution in [0.25, 0.3) is 0 Å². The van der Waals surface area contributed by atoms with Crippen molar-refractivity contribution >= 4 is 9.84 Å². The number of rotatable bonds is 4. The molecule has 0 amide bonds. The van der Waals surface area contributed by atoms with Gasteiger partial charge in [0.2, 0.25) is 0 Å². The van der Waals surface area contributed by atoms with Gasteiger partial charge in [-0.25, -0.2) is 8.42 Å². The first-order chi connectivity index (χ1) is 9.79. The van der Waals surface area contributed by atoms with Gasteiger partial charge in [-0.15, -0.1) is 0 Å². The highest BCUT2D eigenvalue weighted by molar-refractivity contribution is 7.90. The van der Waals surface area contributed by atoms with Crippen molar-refractivity contribution in [2.45, 2.75) is 43.1 Å². The van der Waals surface area contributed by atoms with Gasteiger partial charge in [0.25, 0.3) is 0 Å². The average Bonchev–Trinajstić information content (AvgIpc) is 2.66. The summed E-state index contributed by atoms with van der Waals surface area (Å²) >= 11 is 0. The molecule has 1 aliphatic rings. The van der Waals surface area contributed by atoms with Gasteiger partial charge >= 0.3 is 0 Å². The van der Waals surface area contributed by atoms with Crippen LogP contribution in [0.3, 0.4) is 0 Å². The van der Waals surface area contributed by atoms with Crippen LogP contribution in [0.15, 0.2) is 29.2 Å². The standard InChI is InChI=1S/C16H25NO3S/c1-16(18,13-17-11-5-3-4-6-12-17)14-7-9-15(10-8-14)21(2,19)20/h7-10,18H,3-6,11-13H2,1-2H3. The van der Waals surface area contributed by atoms with E-state index in [1.54, 1.807) is 31.2 Å². The first-order valence-electron chi connectivity index (χ1n) is 7.54. The fraction of sp³-hybridized carbons (Fsp3) is 0.625. The summed E-state index contributed by atoms with van der Waals surface area (Å²) in [4.78, 5) is 2.59. The highest BCUT2D eigenvalue weighted by Gasteiger charge is 2.27. The second kappa shape index (κ2) is 6.46. The fourth-order valence-electron chi connectivity index (χ4n) is 2.88. The third kappa shape index (κ3) is 4.53. The summed E-state index contributed by atoms with van der Waals surface area (Å²) < 4.78 is 23.0. The van der Waals surface area contributed by atoms with Crippen LogP contribution in [0, 0.1) is 0 Å². The summed E-state index contributed by atoms with van der Waals surface area (Å²) in [6, 6.07) is 6.57. The van der Waals surface area contributed by atoms with Gasteiger partial charge in [-0.2, -0.15) is 0 Å². The van der Waals surface area contributed by atoms with E-state index in [1.807, 2.05) is 0 Å². The molecule has 0 spiro atoms. The van der Waals surface area contributed by atoms with E-state index in [0.29, 0.717) is 6.54 Å². The largest absolute Gasteiger partial charge is 0.384 e. The van der Waals surface area contributed by atoms with Crippen molar-refractivity contribution in [3.63, 3.8) is 0 Å². The van der Waals surface area contributed by atoms with Crippen LogP contribution >= 0.6 is 0 Å². The van der Waals surface area contributed by atoms with Gasteiger partial charge in [-0.1, -0.05) is 25.0 Å². The Morgan fingerprint density at radius 3 is 2.10 bits per heavy atom. The molecule has 0 aliphatic carbocycles. The van der Waals surface area contributed by atoms with E-state index in [1.165, 1.54) is 31.9 Å². The lowest BCUT2D eigenvalue weighted by molar-refractivity contribution is 0.0168. The third-order valence-corrected chi connectivity index (χ3v) is 5.26. The summed E-state index contributed by atoms with van der Waals surface area (Å²) in [5, 5.41) is 10.7. The Balaban J connectivity index is 2.11. The van der Waals surface area contributed by atoms with Gasteiger partial charge in [-0.3, -0.25) is 0 Å². The van der Waals surface area contributed by atoms with Gasteiger partial charge in [0.05, 0.1) is 10.5 Å². The van der Waals surface area contributed by atoms with E-state index in [-0.39, 0.29) is 4.90 Å². The minimum atomic E-state index is -3.19. The van der Waals surface area contributed by atoms with E-state index in [4.69, 9.17) is 0 Å². The van der Waals surface area contributed by atoms with Gasteiger partial charge in [-0.05, 0) is 50.6 Å². The number of β-amino-alcohol motifs (C(OH)–C–C–N with tert-alkyl or cyclic N) is 1. The second-order valence-corrected chi connectivity index (χ2v) is 8.28. The fourth-order valence-corrected chi connectivity index (χ4v) is 3.51. The highest BCUT2D eigenvalue weighted by atomic mass is 32.2. The van der Waals surface area contributed by atoms with Crippen LogP contribution in [-0.4, -0.2) is 44.3 Å². The first kappa shape index (κ1) is 16.5. The highest BCUT2D eigenvalue weighted by Crippen LogP contribution is 2.24. The lowest BCUT2D eigenvalue weighted by atomic mass is 9.95. The zero-order valence-electron chi connectivity index (χ0n) is 12.9. The van der Waals surface area contributed by atoms with E-state index >= 15 is 0 Å². The second-order valence-electron chi connectivity index (χ2n) is 6.26. The van der Waals surface area contributed by atoms with Crippen molar-refractivity contribution in [1.82, 2.24) is 4.90 Å². The molecule has 1 heterocycles. The van der Waals surface area contributed by atoms with E-state index in [2.05, 4.69) is 4.90 Å². The Hall–Kier alpha value is -0.910. The number of benzene rings is 1. The molecule has 21 heavy (non-hydrogen) atoms. The zero-order valence-corrected chi connectivity index (χ0v) is 13.7. The molecular weight excluding hydrogens is 286 g/mol. The van der Waals surface area contributed by atoms with Gasteiger partial charge in [0, 0.05) is 12.8 Å². The minimum absolute atomic E-state index is 0.289.